The molecule has 2 rings (SSSR count). The van der Waals surface area contributed by atoms with E-state index in [1.165, 1.54) is 13.2 Å². The van der Waals surface area contributed by atoms with Gasteiger partial charge in [0.1, 0.15) is 18.1 Å². The summed E-state index contributed by atoms with van der Waals surface area (Å²) in [6.07, 6.45) is 0.991. The topological polar surface area (TPSA) is 89.2 Å². The zero-order chi connectivity index (χ0) is 13.8. The van der Waals surface area contributed by atoms with Gasteiger partial charge in [-0.3, -0.25) is 14.5 Å². The van der Waals surface area contributed by atoms with E-state index in [1.807, 2.05) is 4.90 Å². The molecule has 0 aromatic carbocycles. The standard InChI is InChI=1S/C12H15NO6/c1-17-12(16)9-6-18-3-2-13(9)5-8-4-10(14)11(15)7-19-8/h4,7,9,15H,2-3,5-6H2,1H3. The van der Waals surface area contributed by atoms with E-state index in [4.69, 9.17) is 19.0 Å². The molecule has 1 N–H and O–H groups in total. The van der Waals surface area contributed by atoms with Gasteiger partial charge >= 0.3 is 5.97 Å². The van der Waals surface area contributed by atoms with Gasteiger partial charge in [0.15, 0.2) is 5.75 Å². The van der Waals surface area contributed by atoms with Gasteiger partial charge in [-0.25, -0.2) is 0 Å². The second kappa shape index (κ2) is 5.85. The van der Waals surface area contributed by atoms with Crippen molar-refractivity contribution in [3.63, 3.8) is 0 Å². The molecule has 0 radical (unpaired) electrons. The molecule has 1 aliphatic heterocycles. The number of carbonyl (C=O) groups is 1. The maximum absolute atomic E-state index is 11.6. The molecular weight excluding hydrogens is 254 g/mol. The molecule has 1 aromatic heterocycles. The number of carbonyl (C=O) groups excluding carboxylic acids is 1. The van der Waals surface area contributed by atoms with Crippen LogP contribution in [-0.4, -0.2) is 48.9 Å². The van der Waals surface area contributed by atoms with Gasteiger partial charge in [-0.1, -0.05) is 0 Å². The fourth-order valence-corrected chi connectivity index (χ4v) is 1.91. The number of hydrogen-bond donors (Lipinski definition) is 1. The average molecular weight is 269 g/mol. The lowest BCUT2D eigenvalue weighted by molar-refractivity contribution is -0.153. The van der Waals surface area contributed by atoms with Crippen LogP contribution in [0.25, 0.3) is 0 Å². The highest BCUT2D eigenvalue weighted by Crippen LogP contribution is 2.13. The van der Waals surface area contributed by atoms with Crippen molar-refractivity contribution < 1.29 is 23.8 Å². The first kappa shape index (κ1) is 13.6. The number of esters is 1. The number of hydrogen-bond acceptors (Lipinski definition) is 7. The lowest BCUT2D eigenvalue weighted by Crippen LogP contribution is -2.49. The van der Waals surface area contributed by atoms with E-state index >= 15 is 0 Å². The highest BCUT2D eigenvalue weighted by Gasteiger charge is 2.30. The summed E-state index contributed by atoms with van der Waals surface area (Å²) in [6.45, 7) is 1.55. The molecule has 1 atom stereocenters. The predicted molar refractivity (Wildman–Crippen MR) is 63.7 cm³/mol. The lowest BCUT2D eigenvalue weighted by Gasteiger charge is -2.32. The summed E-state index contributed by atoms with van der Waals surface area (Å²) in [7, 11) is 1.32. The molecule has 0 amide bonds. The molecule has 1 saturated heterocycles. The van der Waals surface area contributed by atoms with Gasteiger partial charge in [0, 0.05) is 12.6 Å². The van der Waals surface area contributed by atoms with Crippen molar-refractivity contribution in [2.75, 3.05) is 26.9 Å². The Labute approximate surface area is 109 Å². The summed E-state index contributed by atoms with van der Waals surface area (Å²) in [5, 5.41) is 9.11. The Balaban J connectivity index is 2.12. The van der Waals surface area contributed by atoms with Gasteiger partial charge in [0.05, 0.1) is 26.9 Å². The third kappa shape index (κ3) is 3.12. The summed E-state index contributed by atoms with van der Waals surface area (Å²) in [5.41, 5.74) is -0.510. The van der Waals surface area contributed by atoms with E-state index < -0.39 is 17.2 Å². The van der Waals surface area contributed by atoms with E-state index in [0.29, 0.717) is 18.9 Å². The van der Waals surface area contributed by atoms with Gasteiger partial charge in [-0.2, -0.15) is 0 Å². The second-order valence-corrected chi connectivity index (χ2v) is 4.18. The van der Waals surface area contributed by atoms with Gasteiger partial charge in [-0.15, -0.1) is 0 Å². The molecule has 1 aliphatic rings. The van der Waals surface area contributed by atoms with Crippen molar-refractivity contribution in [3.8, 4) is 5.75 Å². The number of ether oxygens (including phenoxy) is 2. The van der Waals surface area contributed by atoms with Crippen LogP contribution in [0, 0.1) is 0 Å². The van der Waals surface area contributed by atoms with Gasteiger partial charge in [0.25, 0.3) is 0 Å². The van der Waals surface area contributed by atoms with Crippen LogP contribution in [0.5, 0.6) is 5.75 Å². The smallest absolute Gasteiger partial charge is 0.325 e. The molecule has 1 fully saturated rings. The third-order valence-corrected chi connectivity index (χ3v) is 2.94. The minimum absolute atomic E-state index is 0.245. The van der Waals surface area contributed by atoms with Crippen molar-refractivity contribution in [2.45, 2.75) is 12.6 Å². The highest BCUT2D eigenvalue weighted by molar-refractivity contribution is 5.75. The zero-order valence-electron chi connectivity index (χ0n) is 10.5. The van der Waals surface area contributed by atoms with Crippen molar-refractivity contribution in [1.29, 1.82) is 0 Å². The molecule has 7 heteroatoms. The largest absolute Gasteiger partial charge is 0.502 e. The maximum Gasteiger partial charge on any atom is 0.325 e. The third-order valence-electron chi connectivity index (χ3n) is 2.94. The van der Waals surface area contributed by atoms with Crippen LogP contribution < -0.4 is 5.43 Å². The number of aromatic hydroxyl groups is 1. The first-order valence-corrected chi connectivity index (χ1v) is 5.82. The quantitative estimate of drug-likeness (QED) is 0.755. The molecule has 0 saturated carbocycles. The predicted octanol–water partition coefficient (Wildman–Crippen LogP) is -0.281. The second-order valence-electron chi connectivity index (χ2n) is 4.18. The van der Waals surface area contributed by atoms with Crippen LogP contribution in [0.1, 0.15) is 5.76 Å². The van der Waals surface area contributed by atoms with Gasteiger partial charge < -0.3 is 19.0 Å². The fraction of sp³-hybridized carbons (Fsp3) is 0.500. The Morgan fingerprint density at radius 2 is 2.42 bits per heavy atom. The van der Waals surface area contributed by atoms with E-state index in [-0.39, 0.29) is 19.1 Å². The van der Waals surface area contributed by atoms with Crippen molar-refractivity contribution in [3.05, 3.63) is 28.3 Å². The van der Waals surface area contributed by atoms with Crippen LogP contribution in [0.15, 0.2) is 21.5 Å². The minimum Gasteiger partial charge on any atom is -0.502 e. The summed E-state index contributed by atoms with van der Waals surface area (Å²) in [5.74, 6) is -0.449. The molecule has 1 unspecified atom stereocenters. The Kier molecular flexibility index (Phi) is 4.18. The minimum atomic E-state index is -0.516. The Bertz CT molecular complexity index is 511. The molecule has 1 aromatic rings. The number of nitrogens with zero attached hydrogens (tertiary/aromatic N) is 1. The van der Waals surface area contributed by atoms with Crippen LogP contribution in [0.3, 0.4) is 0 Å². The zero-order valence-corrected chi connectivity index (χ0v) is 10.5. The van der Waals surface area contributed by atoms with Gasteiger partial charge in [-0.05, 0) is 0 Å². The first-order chi connectivity index (χ1) is 9.11. The molecule has 19 heavy (non-hydrogen) atoms. The summed E-state index contributed by atoms with van der Waals surface area (Å²) >= 11 is 0. The molecule has 104 valence electrons. The van der Waals surface area contributed by atoms with Crippen molar-refractivity contribution in [2.24, 2.45) is 0 Å². The summed E-state index contributed by atoms with van der Waals surface area (Å²) < 4.78 is 15.1. The van der Waals surface area contributed by atoms with Crippen LogP contribution in [0.4, 0.5) is 0 Å². The van der Waals surface area contributed by atoms with Crippen LogP contribution >= 0.6 is 0 Å². The molecule has 7 nitrogen and oxygen atoms in total. The van der Waals surface area contributed by atoms with Crippen LogP contribution in [0.2, 0.25) is 0 Å². The lowest BCUT2D eigenvalue weighted by atomic mass is 10.2. The van der Waals surface area contributed by atoms with E-state index in [2.05, 4.69) is 0 Å². The fourth-order valence-electron chi connectivity index (χ4n) is 1.91. The molecule has 0 bridgehead atoms. The Morgan fingerprint density at radius 1 is 1.63 bits per heavy atom. The number of morpholine rings is 1. The Morgan fingerprint density at radius 3 is 3.11 bits per heavy atom. The summed E-state index contributed by atoms with van der Waals surface area (Å²) in [4.78, 5) is 24.7. The van der Waals surface area contributed by atoms with Crippen molar-refractivity contribution >= 4 is 5.97 Å². The molecule has 0 aliphatic carbocycles. The van der Waals surface area contributed by atoms with E-state index in [9.17, 15) is 9.59 Å². The number of methoxy groups -OCH3 is 1. The average Bonchev–Trinajstić information content (AvgIpc) is 2.43. The molecular formula is C12H15NO6. The van der Waals surface area contributed by atoms with E-state index in [0.717, 1.165) is 6.26 Å². The van der Waals surface area contributed by atoms with E-state index in [1.54, 1.807) is 0 Å². The van der Waals surface area contributed by atoms with Gasteiger partial charge in [0.2, 0.25) is 5.43 Å². The Hall–Kier alpha value is -1.86. The molecule has 0 spiro atoms. The monoisotopic (exact) mass is 269 g/mol. The van der Waals surface area contributed by atoms with Crippen LogP contribution in [-0.2, 0) is 20.8 Å². The normalized spacial score (nSPS) is 20.2. The summed E-state index contributed by atoms with van der Waals surface area (Å²) in [6, 6.07) is 0.692. The maximum atomic E-state index is 11.6. The SMILES string of the molecule is COC(=O)C1COCCN1Cc1cc(=O)c(O)co1. The highest BCUT2D eigenvalue weighted by atomic mass is 16.5. The molecule has 2 heterocycles. The number of rotatable bonds is 3. The first-order valence-electron chi connectivity index (χ1n) is 5.82. The van der Waals surface area contributed by atoms with Crippen molar-refractivity contribution in [1.82, 2.24) is 4.90 Å².